The lowest BCUT2D eigenvalue weighted by molar-refractivity contribution is 0.831. The molecular formula is C18H24P2-4. The molecule has 2 heteroatoms. The minimum absolute atomic E-state index is 0.199. The monoisotopic (exact) mass is 302 g/mol. The Morgan fingerprint density at radius 1 is 0.650 bits per heavy atom. The summed E-state index contributed by atoms with van der Waals surface area (Å²) in [6.45, 7) is 17.7. The molecule has 0 bridgehead atoms. The molecule has 0 N–H and O–H groups in total. The van der Waals surface area contributed by atoms with E-state index in [9.17, 15) is 0 Å². The van der Waals surface area contributed by atoms with Crippen LogP contribution in [0, 0.1) is 27.7 Å². The number of benzene rings is 1. The number of hydrogen-bond acceptors (Lipinski definition) is 0. The summed E-state index contributed by atoms with van der Waals surface area (Å²) in [6, 6.07) is 9.09. The van der Waals surface area contributed by atoms with Crippen LogP contribution in [0.2, 0.25) is 0 Å². The zero-order valence-electron chi connectivity index (χ0n) is 12.2. The fourth-order valence-corrected chi connectivity index (χ4v) is 9.97. The summed E-state index contributed by atoms with van der Waals surface area (Å²) in [7, 11) is -0.398. The maximum absolute atomic E-state index is 4.42. The second-order valence-electron chi connectivity index (χ2n) is 6.07. The molecule has 4 atom stereocenters. The van der Waals surface area contributed by atoms with Crippen molar-refractivity contribution in [2.24, 2.45) is 0 Å². The molecule has 3 rings (SSSR count). The maximum atomic E-state index is 4.42. The Labute approximate surface area is 127 Å². The zero-order chi connectivity index (χ0) is 14.3. The topological polar surface area (TPSA) is 0 Å². The standard InChI is InChI=1S/C18H24P2/c1-13-9-10-14(2)19(13)17-7-5-6-8-18(17)20-15(3)11-12-16(20)4/h5-8,13-16H,1-4,9-12H2/q-4. The molecule has 1 aromatic carbocycles. The quantitative estimate of drug-likeness (QED) is 0.564. The minimum Gasteiger partial charge on any atom is -0.336 e. The Hall–Kier alpha value is 0.0800. The van der Waals surface area contributed by atoms with E-state index in [4.69, 9.17) is 0 Å². The normalized spacial score (nSPS) is 41.2. The van der Waals surface area contributed by atoms with Crippen molar-refractivity contribution in [2.75, 3.05) is 0 Å². The van der Waals surface area contributed by atoms with E-state index in [1.165, 1.54) is 25.7 Å². The summed E-state index contributed by atoms with van der Waals surface area (Å²) >= 11 is 0. The predicted molar refractivity (Wildman–Crippen MR) is 94.6 cm³/mol. The van der Waals surface area contributed by atoms with Crippen LogP contribution in [0.3, 0.4) is 0 Å². The van der Waals surface area contributed by atoms with Gasteiger partial charge < -0.3 is 27.7 Å². The zero-order valence-corrected chi connectivity index (χ0v) is 14.0. The van der Waals surface area contributed by atoms with Crippen molar-refractivity contribution < 1.29 is 0 Å². The molecule has 0 nitrogen and oxygen atoms in total. The molecule has 0 amide bonds. The molecule has 0 aromatic heterocycles. The van der Waals surface area contributed by atoms with Crippen LogP contribution < -0.4 is 10.6 Å². The molecule has 20 heavy (non-hydrogen) atoms. The van der Waals surface area contributed by atoms with Crippen molar-refractivity contribution in [3.8, 4) is 0 Å². The van der Waals surface area contributed by atoms with Gasteiger partial charge in [0, 0.05) is 0 Å². The van der Waals surface area contributed by atoms with Crippen LogP contribution >= 0.6 is 15.8 Å². The van der Waals surface area contributed by atoms with Crippen LogP contribution in [-0.2, 0) is 0 Å². The number of rotatable bonds is 2. The van der Waals surface area contributed by atoms with Gasteiger partial charge in [-0.1, -0.05) is 49.9 Å². The smallest absolute Gasteiger partial charge is 0.0211 e. The molecule has 110 valence electrons. The minimum atomic E-state index is -0.199. The average molecular weight is 302 g/mol. The summed E-state index contributed by atoms with van der Waals surface area (Å²) < 4.78 is 0. The van der Waals surface area contributed by atoms with Crippen LogP contribution in [0.4, 0.5) is 0 Å². The van der Waals surface area contributed by atoms with Gasteiger partial charge in [0.2, 0.25) is 0 Å². The molecule has 2 aliphatic heterocycles. The SMILES string of the molecule is [CH2-]C1CCC([CH2-])P1c1ccccc1P1C([CH2-])CCC1[CH2-]. The van der Waals surface area contributed by atoms with E-state index in [0.29, 0.717) is 22.6 Å². The van der Waals surface area contributed by atoms with E-state index in [0.717, 1.165) is 0 Å². The molecule has 0 aliphatic carbocycles. The molecule has 2 aliphatic rings. The highest BCUT2D eigenvalue weighted by molar-refractivity contribution is 7.73. The van der Waals surface area contributed by atoms with Gasteiger partial charge in [0.15, 0.2) is 0 Å². The first-order valence-electron chi connectivity index (χ1n) is 7.57. The molecule has 2 fully saturated rings. The molecule has 0 spiro atoms. The van der Waals surface area contributed by atoms with E-state index in [-0.39, 0.29) is 15.8 Å². The van der Waals surface area contributed by atoms with E-state index in [1.54, 1.807) is 10.6 Å². The van der Waals surface area contributed by atoms with Gasteiger partial charge in [-0.2, -0.15) is 0 Å². The second kappa shape index (κ2) is 6.06. The third kappa shape index (κ3) is 2.60. The van der Waals surface area contributed by atoms with Crippen molar-refractivity contribution in [2.45, 2.75) is 48.3 Å². The number of hydrogen-bond donors (Lipinski definition) is 0. The summed E-state index contributed by atoms with van der Waals surface area (Å²) in [6.07, 6.45) is 4.98. The Balaban J connectivity index is 2.00. The van der Waals surface area contributed by atoms with E-state index in [2.05, 4.69) is 52.0 Å². The van der Waals surface area contributed by atoms with Gasteiger partial charge in [-0.05, 0) is 10.6 Å². The van der Waals surface area contributed by atoms with Crippen molar-refractivity contribution in [3.63, 3.8) is 0 Å². The highest BCUT2D eigenvalue weighted by Gasteiger charge is 2.29. The highest BCUT2D eigenvalue weighted by atomic mass is 31.1. The molecular weight excluding hydrogens is 278 g/mol. The van der Waals surface area contributed by atoms with Crippen LogP contribution in [-0.4, -0.2) is 22.6 Å². The predicted octanol–water partition coefficient (Wildman–Crippen LogP) is 4.30. The Morgan fingerprint density at radius 3 is 1.25 bits per heavy atom. The Kier molecular flexibility index (Phi) is 4.54. The van der Waals surface area contributed by atoms with Crippen LogP contribution in [0.25, 0.3) is 0 Å². The fraction of sp³-hybridized carbons (Fsp3) is 0.444. The first-order valence-corrected chi connectivity index (χ1v) is 10.5. The molecule has 1 aromatic rings. The summed E-state index contributed by atoms with van der Waals surface area (Å²) in [4.78, 5) is 0. The summed E-state index contributed by atoms with van der Waals surface area (Å²) in [5.74, 6) is 0. The van der Waals surface area contributed by atoms with Gasteiger partial charge in [0.25, 0.3) is 0 Å². The van der Waals surface area contributed by atoms with Crippen LogP contribution in [0.15, 0.2) is 24.3 Å². The molecule has 4 unspecified atom stereocenters. The van der Waals surface area contributed by atoms with Crippen LogP contribution in [0.1, 0.15) is 25.7 Å². The van der Waals surface area contributed by atoms with Crippen molar-refractivity contribution in [1.29, 1.82) is 0 Å². The largest absolute Gasteiger partial charge is 0.336 e. The van der Waals surface area contributed by atoms with Gasteiger partial charge >= 0.3 is 0 Å². The van der Waals surface area contributed by atoms with Crippen molar-refractivity contribution in [3.05, 3.63) is 52.0 Å². The third-order valence-electron chi connectivity index (χ3n) is 4.68. The van der Waals surface area contributed by atoms with Gasteiger partial charge in [-0.15, -0.1) is 38.5 Å². The lowest BCUT2D eigenvalue weighted by atomic mass is 10.2. The van der Waals surface area contributed by atoms with Gasteiger partial charge in [-0.25, -0.2) is 0 Å². The highest BCUT2D eigenvalue weighted by Crippen LogP contribution is 2.58. The summed E-state index contributed by atoms with van der Waals surface area (Å²) in [5.41, 5.74) is 2.33. The molecule has 2 saturated heterocycles. The van der Waals surface area contributed by atoms with E-state index < -0.39 is 0 Å². The van der Waals surface area contributed by atoms with Gasteiger partial charge in [0.05, 0.1) is 0 Å². The average Bonchev–Trinajstić information content (AvgIpc) is 2.93. The van der Waals surface area contributed by atoms with Crippen molar-refractivity contribution in [1.82, 2.24) is 0 Å². The van der Waals surface area contributed by atoms with Crippen LogP contribution in [0.5, 0.6) is 0 Å². The third-order valence-corrected chi connectivity index (χ3v) is 10.9. The van der Waals surface area contributed by atoms with Gasteiger partial charge in [-0.3, -0.25) is 0 Å². The second-order valence-corrected chi connectivity index (χ2v) is 11.6. The first kappa shape index (κ1) is 15.0. The lowest BCUT2D eigenvalue weighted by Crippen LogP contribution is -2.28. The Morgan fingerprint density at radius 2 is 0.950 bits per heavy atom. The van der Waals surface area contributed by atoms with Crippen molar-refractivity contribution >= 4 is 26.5 Å². The van der Waals surface area contributed by atoms with E-state index in [1.807, 2.05) is 0 Å². The fourth-order valence-electron chi connectivity index (χ4n) is 3.61. The maximum Gasteiger partial charge on any atom is -0.0211 e. The van der Waals surface area contributed by atoms with E-state index >= 15 is 0 Å². The first-order chi connectivity index (χ1) is 9.59. The van der Waals surface area contributed by atoms with Gasteiger partial charge in [0.1, 0.15) is 0 Å². The molecule has 2 heterocycles. The molecule has 0 saturated carbocycles. The lowest BCUT2D eigenvalue weighted by Gasteiger charge is -2.37. The Bertz CT molecular complexity index is 407. The summed E-state index contributed by atoms with van der Waals surface area (Å²) in [5, 5.41) is 3.16. The molecule has 0 radical (unpaired) electrons.